The zero-order valence-corrected chi connectivity index (χ0v) is 12.9. The number of benzene rings is 1. The molecule has 0 aliphatic rings. The Morgan fingerprint density at radius 2 is 2.09 bits per heavy atom. The smallest absolute Gasteiger partial charge is 0.224 e. The molecule has 6 heteroatoms. The van der Waals surface area contributed by atoms with Crippen molar-refractivity contribution in [3.8, 4) is 11.5 Å². The number of aryl methyl sites for hydroxylation is 1. The number of aromatic nitrogens is 2. The van der Waals surface area contributed by atoms with Crippen LogP contribution in [0.4, 0.5) is 0 Å². The number of nitrogens with one attached hydrogen (secondary N) is 1. The van der Waals surface area contributed by atoms with Crippen molar-refractivity contribution in [3.05, 3.63) is 42.5 Å². The lowest BCUT2D eigenvalue weighted by Gasteiger charge is -2.10. The summed E-state index contributed by atoms with van der Waals surface area (Å²) in [5, 5.41) is 2.91. The number of carbonyl (C=O) groups excluding carboxylic acids is 1. The van der Waals surface area contributed by atoms with E-state index < -0.39 is 0 Å². The molecule has 0 aliphatic heterocycles. The molecule has 2 rings (SSSR count). The molecule has 0 fully saturated rings. The highest BCUT2D eigenvalue weighted by atomic mass is 16.5. The van der Waals surface area contributed by atoms with E-state index >= 15 is 0 Å². The highest BCUT2D eigenvalue weighted by Crippen LogP contribution is 2.27. The van der Waals surface area contributed by atoms with Crippen molar-refractivity contribution >= 4 is 5.91 Å². The molecule has 0 saturated heterocycles. The first-order chi connectivity index (χ1) is 10.7. The van der Waals surface area contributed by atoms with Crippen LogP contribution in [0.5, 0.6) is 11.5 Å². The Labute approximate surface area is 130 Å². The maximum atomic E-state index is 11.9. The molecule has 0 aliphatic carbocycles. The van der Waals surface area contributed by atoms with E-state index in [4.69, 9.17) is 9.47 Å². The van der Waals surface area contributed by atoms with Gasteiger partial charge in [0.1, 0.15) is 0 Å². The van der Waals surface area contributed by atoms with Gasteiger partial charge in [-0.15, -0.1) is 0 Å². The number of hydrogen-bond acceptors (Lipinski definition) is 4. The van der Waals surface area contributed by atoms with E-state index in [1.807, 2.05) is 22.9 Å². The van der Waals surface area contributed by atoms with Gasteiger partial charge in [-0.1, -0.05) is 6.07 Å². The van der Waals surface area contributed by atoms with Crippen LogP contribution in [0.1, 0.15) is 12.0 Å². The zero-order chi connectivity index (χ0) is 15.8. The Morgan fingerprint density at radius 3 is 2.77 bits per heavy atom. The molecule has 0 bridgehead atoms. The molecule has 118 valence electrons. The molecule has 1 N–H and O–H groups in total. The first kappa shape index (κ1) is 15.9. The third-order valence-corrected chi connectivity index (χ3v) is 3.29. The Bertz CT molecular complexity index is 597. The summed E-state index contributed by atoms with van der Waals surface area (Å²) in [5.41, 5.74) is 0.893. The first-order valence-electron chi connectivity index (χ1n) is 7.16. The lowest BCUT2D eigenvalue weighted by Crippen LogP contribution is -2.26. The SMILES string of the molecule is COc1ccc(CC(=O)NCCCn2ccnc2)cc1OC. The van der Waals surface area contributed by atoms with Crippen LogP contribution in [-0.4, -0.2) is 36.2 Å². The van der Waals surface area contributed by atoms with Gasteiger partial charge in [0.05, 0.1) is 27.0 Å². The number of nitrogens with zero attached hydrogens (tertiary/aromatic N) is 2. The number of rotatable bonds is 8. The molecular formula is C16H21N3O3. The second kappa shape index (κ2) is 8.07. The summed E-state index contributed by atoms with van der Waals surface area (Å²) in [5.74, 6) is 1.29. The molecule has 6 nitrogen and oxygen atoms in total. The molecule has 0 unspecified atom stereocenters. The third kappa shape index (κ3) is 4.51. The lowest BCUT2D eigenvalue weighted by atomic mass is 10.1. The van der Waals surface area contributed by atoms with Crippen molar-refractivity contribution in [2.45, 2.75) is 19.4 Å². The van der Waals surface area contributed by atoms with Crippen LogP contribution < -0.4 is 14.8 Å². The fourth-order valence-corrected chi connectivity index (χ4v) is 2.15. The summed E-state index contributed by atoms with van der Waals surface area (Å²) in [6, 6.07) is 5.50. The monoisotopic (exact) mass is 303 g/mol. The van der Waals surface area contributed by atoms with Crippen LogP contribution >= 0.6 is 0 Å². The maximum Gasteiger partial charge on any atom is 0.224 e. The second-order valence-corrected chi connectivity index (χ2v) is 4.87. The summed E-state index contributed by atoms with van der Waals surface area (Å²) in [4.78, 5) is 15.9. The van der Waals surface area contributed by atoms with E-state index in [0.717, 1.165) is 18.5 Å². The summed E-state index contributed by atoms with van der Waals surface area (Å²) in [6.07, 6.45) is 6.62. The highest BCUT2D eigenvalue weighted by molar-refractivity contribution is 5.78. The minimum absolute atomic E-state index is 0.00199. The van der Waals surface area contributed by atoms with Gasteiger partial charge in [0.25, 0.3) is 0 Å². The number of ether oxygens (including phenoxy) is 2. The van der Waals surface area contributed by atoms with E-state index in [0.29, 0.717) is 24.5 Å². The Balaban J connectivity index is 1.76. The van der Waals surface area contributed by atoms with Crippen molar-refractivity contribution in [1.82, 2.24) is 14.9 Å². The van der Waals surface area contributed by atoms with Crippen molar-refractivity contribution in [2.24, 2.45) is 0 Å². The van der Waals surface area contributed by atoms with Gasteiger partial charge in [-0.25, -0.2) is 4.98 Å². The van der Waals surface area contributed by atoms with Crippen LogP contribution in [0.2, 0.25) is 0 Å². The van der Waals surface area contributed by atoms with Gasteiger partial charge < -0.3 is 19.4 Å². The normalized spacial score (nSPS) is 10.3. The van der Waals surface area contributed by atoms with Crippen LogP contribution in [0.3, 0.4) is 0 Å². The van der Waals surface area contributed by atoms with Gasteiger partial charge in [0.15, 0.2) is 11.5 Å². The Kier molecular flexibility index (Phi) is 5.82. The summed E-state index contributed by atoms with van der Waals surface area (Å²) in [7, 11) is 3.17. The van der Waals surface area contributed by atoms with Crippen molar-refractivity contribution in [2.75, 3.05) is 20.8 Å². The van der Waals surface area contributed by atoms with Crippen LogP contribution in [0, 0.1) is 0 Å². The van der Waals surface area contributed by atoms with Gasteiger partial charge in [-0.05, 0) is 24.1 Å². The molecule has 1 aromatic carbocycles. The lowest BCUT2D eigenvalue weighted by molar-refractivity contribution is -0.120. The maximum absolute atomic E-state index is 11.9. The summed E-state index contributed by atoms with van der Waals surface area (Å²) < 4.78 is 12.4. The van der Waals surface area contributed by atoms with E-state index in [1.165, 1.54) is 0 Å². The summed E-state index contributed by atoms with van der Waals surface area (Å²) >= 11 is 0. The first-order valence-corrected chi connectivity index (χ1v) is 7.16. The zero-order valence-electron chi connectivity index (χ0n) is 12.9. The standard InChI is InChI=1S/C16H21N3O3/c1-21-14-5-4-13(10-15(14)22-2)11-16(20)18-6-3-8-19-9-7-17-12-19/h4-5,7,9-10,12H,3,6,8,11H2,1-2H3,(H,18,20). The molecule has 0 radical (unpaired) electrons. The third-order valence-electron chi connectivity index (χ3n) is 3.29. The topological polar surface area (TPSA) is 65.4 Å². The second-order valence-electron chi connectivity index (χ2n) is 4.87. The van der Waals surface area contributed by atoms with E-state index in [9.17, 15) is 4.79 Å². The van der Waals surface area contributed by atoms with Gasteiger partial charge in [0, 0.05) is 25.5 Å². The highest BCUT2D eigenvalue weighted by Gasteiger charge is 2.08. The van der Waals surface area contributed by atoms with E-state index in [1.54, 1.807) is 32.8 Å². The van der Waals surface area contributed by atoms with Crippen LogP contribution in [0.25, 0.3) is 0 Å². The number of hydrogen-bond donors (Lipinski definition) is 1. The fourth-order valence-electron chi connectivity index (χ4n) is 2.15. The minimum Gasteiger partial charge on any atom is -0.493 e. The van der Waals surface area contributed by atoms with Gasteiger partial charge >= 0.3 is 0 Å². The molecule has 2 aromatic rings. The fraction of sp³-hybridized carbons (Fsp3) is 0.375. The molecule has 1 heterocycles. The van der Waals surface area contributed by atoms with Gasteiger partial charge in [0.2, 0.25) is 5.91 Å². The number of imidazole rings is 1. The average molecular weight is 303 g/mol. The molecule has 1 amide bonds. The number of carbonyl (C=O) groups is 1. The van der Waals surface area contributed by atoms with Crippen molar-refractivity contribution < 1.29 is 14.3 Å². The van der Waals surface area contributed by atoms with Crippen molar-refractivity contribution in [1.29, 1.82) is 0 Å². The summed E-state index contributed by atoms with van der Waals surface area (Å²) in [6.45, 7) is 1.49. The predicted octanol–water partition coefficient (Wildman–Crippen LogP) is 1.65. The molecule has 0 spiro atoms. The van der Waals surface area contributed by atoms with Crippen molar-refractivity contribution in [3.63, 3.8) is 0 Å². The molecule has 0 saturated carbocycles. The average Bonchev–Trinajstić information content (AvgIpc) is 3.04. The predicted molar refractivity (Wildman–Crippen MR) is 83.1 cm³/mol. The number of amides is 1. The molecule has 22 heavy (non-hydrogen) atoms. The van der Waals surface area contributed by atoms with E-state index in [2.05, 4.69) is 10.3 Å². The minimum atomic E-state index is -0.00199. The number of methoxy groups -OCH3 is 2. The van der Waals surface area contributed by atoms with E-state index in [-0.39, 0.29) is 5.91 Å². The van der Waals surface area contributed by atoms with Gasteiger partial charge in [-0.2, -0.15) is 0 Å². The largest absolute Gasteiger partial charge is 0.493 e. The quantitative estimate of drug-likeness (QED) is 0.753. The molecule has 0 atom stereocenters. The Morgan fingerprint density at radius 1 is 1.27 bits per heavy atom. The van der Waals surface area contributed by atoms with Crippen LogP contribution in [-0.2, 0) is 17.8 Å². The molecular weight excluding hydrogens is 282 g/mol. The molecule has 1 aromatic heterocycles. The van der Waals surface area contributed by atoms with Gasteiger partial charge in [-0.3, -0.25) is 4.79 Å². The van der Waals surface area contributed by atoms with Crippen LogP contribution in [0.15, 0.2) is 36.9 Å². The Hall–Kier alpha value is -2.50.